The lowest BCUT2D eigenvalue weighted by Crippen LogP contribution is -2.35. The minimum Gasteiger partial charge on any atom is -0.466 e. The van der Waals surface area contributed by atoms with Crippen molar-refractivity contribution in [3.05, 3.63) is 0 Å². The van der Waals surface area contributed by atoms with E-state index >= 15 is 0 Å². The summed E-state index contributed by atoms with van der Waals surface area (Å²) in [4.78, 5) is 10.5. The third kappa shape index (κ3) is 3.77. The Bertz CT molecular complexity index is 170. The molecule has 0 spiro atoms. The molecule has 1 rings (SSSR count). The average molecular weight is 185 g/mol. The van der Waals surface area contributed by atoms with E-state index in [1.165, 1.54) is 13.3 Å². The molecule has 76 valence electrons. The number of rotatable bonds is 3. The summed E-state index contributed by atoms with van der Waals surface area (Å²) in [7, 11) is 0. The smallest absolute Gasteiger partial charge is 0.302 e. The SMILES string of the molecule is CC(=O)OCC[C@@H]1CCNC[C@@H]1C. The highest BCUT2D eigenvalue weighted by Gasteiger charge is 2.20. The predicted molar refractivity (Wildman–Crippen MR) is 51.4 cm³/mol. The van der Waals surface area contributed by atoms with Crippen molar-refractivity contribution in [2.75, 3.05) is 19.7 Å². The van der Waals surface area contributed by atoms with Crippen LogP contribution in [-0.2, 0) is 9.53 Å². The Balaban J connectivity index is 2.15. The number of carbonyl (C=O) groups excluding carboxylic acids is 1. The first kappa shape index (κ1) is 10.5. The van der Waals surface area contributed by atoms with Crippen molar-refractivity contribution in [3.63, 3.8) is 0 Å². The van der Waals surface area contributed by atoms with E-state index in [-0.39, 0.29) is 5.97 Å². The molecule has 0 aromatic heterocycles. The Kier molecular flexibility index (Phi) is 4.22. The molecule has 3 nitrogen and oxygen atoms in total. The standard InChI is InChI=1S/C10H19NO2/c1-8-7-11-5-3-10(8)4-6-13-9(2)12/h8,10-11H,3-7H2,1-2H3/t8-,10-/m0/s1. The van der Waals surface area contributed by atoms with Crippen LogP contribution < -0.4 is 5.32 Å². The summed E-state index contributed by atoms with van der Waals surface area (Å²) in [5.74, 6) is 1.27. The molecule has 0 aromatic carbocycles. The molecule has 0 saturated carbocycles. The van der Waals surface area contributed by atoms with Crippen LogP contribution in [0, 0.1) is 11.8 Å². The number of ether oxygens (including phenoxy) is 1. The van der Waals surface area contributed by atoms with Gasteiger partial charge in [-0.2, -0.15) is 0 Å². The Morgan fingerprint density at radius 1 is 1.62 bits per heavy atom. The number of piperidine rings is 1. The first-order valence-electron chi connectivity index (χ1n) is 5.04. The molecular formula is C10H19NO2. The van der Waals surface area contributed by atoms with Crippen LogP contribution in [0.3, 0.4) is 0 Å². The Hall–Kier alpha value is -0.570. The minimum absolute atomic E-state index is 0.165. The van der Waals surface area contributed by atoms with Crippen molar-refractivity contribution < 1.29 is 9.53 Å². The zero-order valence-corrected chi connectivity index (χ0v) is 8.51. The molecule has 1 heterocycles. The molecule has 0 unspecified atom stereocenters. The fraction of sp³-hybridized carbons (Fsp3) is 0.900. The topological polar surface area (TPSA) is 38.3 Å². The van der Waals surface area contributed by atoms with Crippen molar-refractivity contribution in [2.24, 2.45) is 11.8 Å². The maximum absolute atomic E-state index is 10.5. The van der Waals surface area contributed by atoms with Crippen LogP contribution >= 0.6 is 0 Å². The molecular weight excluding hydrogens is 166 g/mol. The number of hydrogen-bond donors (Lipinski definition) is 1. The van der Waals surface area contributed by atoms with E-state index < -0.39 is 0 Å². The van der Waals surface area contributed by atoms with Gasteiger partial charge < -0.3 is 10.1 Å². The second kappa shape index (κ2) is 5.22. The van der Waals surface area contributed by atoms with Gasteiger partial charge in [0.05, 0.1) is 6.61 Å². The molecule has 0 radical (unpaired) electrons. The zero-order chi connectivity index (χ0) is 9.68. The third-order valence-corrected chi connectivity index (χ3v) is 2.76. The normalized spacial score (nSPS) is 28.5. The molecule has 13 heavy (non-hydrogen) atoms. The third-order valence-electron chi connectivity index (χ3n) is 2.76. The fourth-order valence-electron chi connectivity index (χ4n) is 1.85. The second-order valence-electron chi connectivity index (χ2n) is 3.86. The number of esters is 1. The van der Waals surface area contributed by atoms with Crippen molar-refractivity contribution >= 4 is 5.97 Å². The van der Waals surface area contributed by atoms with Crippen molar-refractivity contribution in [1.29, 1.82) is 0 Å². The van der Waals surface area contributed by atoms with Gasteiger partial charge in [0.25, 0.3) is 0 Å². The van der Waals surface area contributed by atoms with Gasteiger partial charge in [0.15, 0.2) is 0 Å². The highest BCUT2D eigenvalue weighted by molar-refractivity contribution is 5.65. The number of nitrogens with one attached hydrogen (secondary N) is 1. The molecule has 0 bridgehead atoms. The van der Waals surface area contributed by atoms with E-state index in [2.05, 4.69) is 12.2 Å². The lowest BCUT2D eigenvalue weighted by atomic mass is 9.86. The van der Waals surface area contributed by atoms with E-state index in [0.29, 0.717) is 12.5 Å². The van der Waals surface area contributed by atoms with Gasteiger partial charge in [-0.25, -0.2) is 0 Å². The Morgan fingerprint density at radius 2 is 2.38 bits per heavy atom. The Labute approximate surface area is 79.8 Å². The van der Waals surface area contributed by atoms with E-state index in [1.54, 1.807) is 0 Å². The largest absolute Gasteiger partial charge is 0.466 e. The summed E-state index contributed by atoms with van der Waals surface area (Å²) >= 11 is 0. The Morgan fingerprint density at radius 3 is 3.00 bits per heavy atom. The van der Waals surface area contributed by atoms with Gasteiger partial charge in [-0.15, -0.1) is 0 Å². The van der Waals surface area contributed by atoms with Crippen molar-refractivity contribution in [3.8, 4) is 0 Å². The van der Waals surface area contributed by atoms with Crippen molar-refractivity contribution in [2.45, 2.75) is 26.7 Å². The van der Waals surface area contributed by atoms with Crippen molar-refractivity contribution in [1.82, 2.24) is 5.32 Å². The van der Waals surface area contributed by atoms with Gasteiger partial charge in [-0.1, -0.05) is 6.92 Å². The van der Waals surface area contributed by atoms with E-state index in [4.69, 9.17) is 4.74 Å². The maximum Gasteiger partial charge on any atom is 0.302 e. The second-order valence-corrected chi connectivity index (χ2v) is 3.86. The monoisotopic (exact) mass is 185 g/mol. The minimum atomic E-state index is -0.165. The van der Waals surface area contributed by atoms with Crippen LogP contribution in [0.2, 0.25) is 0 Å². The zero-order valence-electron chi connectivity index (χ0n) is 8.51. The summed E-state index contributed by atoms with van der Waals surface area (Å²) in [5, 5.41) is 3.36. The summed E-state index contributed by atoms with van der Waals surface area (Å²) in [6, 6.07) is 0. The summed E-state index contributed by atoms with van der Waals surface area (Å²) in [6.07, 6.45) is 2.23. The van der Waals surface area contributed by atoms with E-state index in [0.717, 1.165) is 25.4 Å². The molecule has 1 aliphatic heterocycles. The fourth-order valence-corrected chi connectivity index (χ4v) is 1.85. The summed E-state index contributed by atoms with van der Waals surface area (Å²) in [6.45, 7) is 6.51. The van der Waals surface area contributed by atoms with Gasteiger partial charge in [-0.3, -0.25) is 4.79 Å². The van der Waals surface area contributed by atoms with Crippen LogP contribution in [0.5, 0.6) is 0 Å². The van der Waals surface area contributed by atoms with Crippen LogP contribution in [0.4, 0.5) is 0 Å². The van der Waals surface area contributed by atoms with Gasteiger partial charge in [0.1, 0.15) is 0 Å². The summed E-state index contributed by atoms with van der Waals surface area (Å²) < 4.78 is 4.93. The first-order chi connectivity index (χ1) is 6.20. The molecule has 0 aromatic rings. The molecule has 1 fully saturated rings. The molecule has 0 amide bonds. The van der Waals surface area contributed by atoms with Crippen LogP contribution in [0.25, 0.3) is 0 Å². The van der Waals surface area contributed by atoms with Gasteiger partial charge in [0, 0.05) is 6.92 Å². The first-order valence-corrected chi connectivity index (χ1v) is 5.04. The van der Waals surface area contributed by atoms with Crippen LogP contribution in [0.15, 0.2) is 0 Å². The van der Waals surface area contributed by atoms with Crippen LogP contribution in [0.1, 0.15) is 26.7 Å². The molecule has 1 aliphatic rings. The molecule has 1 N–H and O–H groups in total. The molecule has 2 atom stereocenters. The van der Waals surface area contributed by atoms with Gasteiger partial charge >= 0.3 is 5.97 Å². The maximum atomic E-state index is 10.5. The van der Waals surface area contributed by atoms with Crippen LogP contribution in [-0.4, -0.2) is 25.7 Å². The van der Waals surface area contributed by atoms with E-state index in [9.17, 15) is 4.79 Å². The molecule has 0 aliphatic carbocycles. The van der Waals surface area contributed by atoms with Gasteiger partial charge in [0.2, 0.25) is 0 Å². The lowest BCUT2D eigenvalue weighted by Gasteiger charge is -2.29. The molecule has 1 saturated heterocycles. The lowest BCUT2D eigenvalue weighted by molar-refractivity contribution is -0.141. The quantitative estimate of drug-likeness (QED) is 0.671. The predicted octanol–water partition coefficient (Wildman–Crippen LogP) is 1.19. The number of hydrogen-bond acceptors (Lipinski definition) is 3. The highest BCUT2D eigenvalue weighted by atomic mass is 16.5. The van der Waals surface area contributed by atoms with E-state index in [1.807, 2.05) is 0 Å². The average Bonchev–Trinajstić information content (AvgIpc) is 2.08. The summed E-state index contributed by atoms with van der Waals surface area (Å²) in [5.41, 5.74) is 0. The highest BCUT2D eigenvalue weighted by Crippen LogP contribution is 2.21. The van der Waals surface area contributed by atoms with Gasteiger partial charge in [-0.05, 0) is 37.8 Å². The molecule has 3 heteroatoms. The number of carbonyl (C=O) groups is 1.